The first-order valence-electron chi connectivity index (χ1n) is 17.3. The highest BCUT2D eigenvalue weighted by Gasteiger charge is 2.42. The second-order valence-corrected chi connectivity index (χ2v) is 15.5. The average Bonchev–Trinajstić information content (AvgIpc) is 3.07. The van der Waals surface area contributed by atoms with Crippen molar-refractivity contribution in [1.82, 2.24) is 25.8 Å². The van der Waals surface area contributed by atoms with E-state index < -0.39 is 24.1 Å². The molecule has 0 radical (unpaired) electrons. The second kappa shape index (κ2) is 18.0. The van der Waals surface area contributed by atoms with Crippen LogP contribution in [-0.2, 0) is 25.5 Å². The molecule has 1 saturated heterocycles. The van der Waals surface area contributed by atoms with Crippen molar-refractivity contribution in [3.05, 3.63) is 60.4 Å². The maximum atomic E-state index is 14.1. The summed E-state index contributed by atoms with van der Waals surface area (Å²) in [7, 11) is 1.67. The predicted molar refractivity (Wildman–Crippen MR) is 191 cm³/mol. The Hall–Kier alpha value is -3.15. The zero-order valence-corrected chi connectivity index (χ0v) is 30.3. The summed E-state index contributed by atoms with van der Waals surface area (Å²) in [6.07, 6.45) is 10.8. The van der Waals surface area contributed by atoms with Crippen LogP contribution < -0.4 is 20.7 Å². The smallest absolute Gasteiger partial charge is 0.258 e. The molecule has 2 aliphatic rings. The van der Waals surface area contributed by atoms with Crippen molar-refractivity contribution in [2.24, 2.45) is 11.8 Å². The third-order valence-electron chi connectivity index (χ3n) is 9.54. The van der Waals surface area contributed by atoms with Crippen LogP contribution >= 0.6 is 11.8 Å². The Kier molecular flexibility index (Phi) is 14.1. The van der Waals surface area contributed by atoms with Gasteiger partial charge in [0.05, 0.1) is 24.4 Å². The number of thioether (sulfide) groups is 1. The van der Waals surface area contributed by atoms with Crippen LogP contribution in [0.3, 0.4) is 0 Å². The van der Waals surface area contributed by atoms with Crippen LogP contribution in [0.4, 0.5) is 0 Å². The molecule has 7 atom stereocenters. The summed E-state index contributed by atoms with van der Waals surface area (Å²) in [6, 6.07) is 12.0. The molecule has 4 rings (SSSR count). The van der Waals surface area contributed by atoms with Crippen molar-refractivity contribution in [3.63, 3.8) is 0 Å². The number of pyridine rings is 1. The number of hydrogen-bond donors (Lipinski definition) is 3. The Morgan fingerprint density at radius 1 is 1.04 bits per heavy atom. The minimum atomic E-state index is -0.802. The molecule has 1 aromatic carbocycles. The quantitative estimate of drug-likeness (QED) is 0.256. The molecule has 3 N–H and O–H groups in total. The molecule has 2 heterocycles. The van der Waals surface area contributed by atoms with Crippen LogP contribution in [0, 0.1) is 11.8 Å². The van der Waals surface area contributed by atoms with Crippen LogP contribution in [0.15, 0.2) is 54.9 Å². The minimum absolute atomic E-state index is 0.0510. The van der Waals surface area contributed by atoms with Gasteiger partial charge in [-0.05, 0) is 75.8 Å². The molecule has 1 saturated carbocycles. The average molecular weight is 682 g/mol. The molecule has 0 bridgehead atoms. The van der Waals surface area contributed by atoms with E-state index in [1.807, 2.05) is 64.3 Å². The van der Waals surface area contributed by atoms with E-state index in [2.05, 4.69) is 25.8 Å². The van der Waals surface area contributed by atoms with E-state index in [4.69, 9.17) is 9.47 Å². The van der Waals surface area contributed by atoms with Crippen molar-refractivity contribution >= 4 is 29.5 Å². The van der Waals surface area contributed by atoms with Crippen LogP contribution in [0.25, 0.3) is 0 Å². The number of nitrogens with zero attached hydrogens (tertiary/aromatic N) is 2. The van der Waals surface area contributed by atoms with E-state index in [1.165, 1.54) is 43.6 Å². The van der Waals surface area contributed by atoms with Gasteiger partial charge in [0.15, 0.2) is 6.61 Å². The fourth-order valence-electron chi connectivity index (χ4n) is 6.97. The van der Waals surface area contributed by atoms with Gasteiger partial charge in [0.25, 0.3) is 5.91 Å². The molecule has 10 nitrogen and oxygen atoms in total. The highest BCUT2D eigenvalue weighted by molar-refractivity contribution is 7.99. The summed E-state index contributed by atoms with van der Waals surface area (Å²) >= 11 is 1.50. The van der Waals surface area contributed by atoms with Crippen molar-refractivity contribution < 1.29 is 23.9 Å². The van der Waals surface area contributed by atoms with Gasteiger partial charge in [-0.1, -0.05) is 56.5 Å². The Balaban J connectivity index is 1.54. The van der Waals surface area contributed by atoms with Crippen molar-refractivity contribution in [2.45, 2.75) is 101 Å². The highest BCUT2D eigenvalue weighted by Crippen LogP contribution is 2.39. The van der Waals surface area contributed by atoms with Gasteiger partial charge >= 0.3 is 0 Å². The Labute approximate surface area is 290 Å². The predicted octanol–water partition coefficient (Wildman–Crippen LogP) is 4.23. The number of carbonyl (C=O) groups excluding carboxylic acids is 3. The van der Waals surface area contributed by atoms with Crippen molar-refractivity contribution in [3.8, 4) is 5.75 Å². The third kappa shape index (κ3) is 11.2. The molecule has 2 aromatic rings. The fraction of sp³-hybridized carbons (Fsp3) is 0.622. The molecular formula is C37H55N5O5S. The number of amides is 3. The number of fused-ring (bicyclic) bond motifs is 1. The number of rotatable bonds is 15. The van der Waals surface area contributed by atoms with Crippen LogP contribution in [0.2, 0.25) is 0 Å². The lowest BCUT2D eigenvalue weighted by molar-refractivity contribution is -0.134. The number of hydrogen-bond acceptors (Lipinski definition) is 8. The van der Waals surface area contributed by atoms with Gasteiger partial charge in [-0.25, -0.2) is 0 Å². The zero-order valence-electron chi connectivity index (χ0n) is 29.4. The van der Waals surface area contributed by atoms with E-state index in [0.717, 1.165) is 18.5 Å². The topological polar surface area (TPSA) is 122 Å². The summed E-state index contributed by atoms with van der Waals surface area (Å²) in [6.45, 7) is 9.05. The molecule has 2 fully saturated rings. The molecule has 48 heavy (non-hydrogen) atoms. The normalized spacial score (nSPS) is 22.3. The SMILES string of the molecule is COC(CN1C[C@H]2CCCC[C@H]2CC1C(=O)NC(C)(C)C)C(Cc1ccccc1)NC(=O)C(NC(=O)COc1cccnc1)C(C)SC. The van der Waals surface area contributed by atoms with Crippen LogP contribution in [0.1, 0.15) is 65.4 Å². The summed E-state index contributed by atoms with van der Waals surface area (Å²) < 4.78 is 11.8. The molecule has 5 unspecified atom stereocenters. The van der Waals surface area contributed by atoms with Crippen molar-refractivity contribution in [2.75, 3.05) is 33.1 Å². The first-order chi connectivity index (χ1) is 23.0. The van der Waals surface area contributed by atoms with E-state index in [0.29, 0.717) is 30.6 Å². The van der Waals surface area contributed by atoms with Gasteiger partial charge < -0.3 is 25.4 Å². The lowest BCUT2D eigenvalue weighted by Gasteiger charge is -2.47. The number of nitrogens with one attached hydrogen (secondary N) is 3. The van der Waals surface area contributed by atoms with E-state index in [9.17, 15) is 14.4 Å². The molecule has 0 spiro atoms. The number of piperidine rings is 1. The summed E-state index contributed by atoms with van der Waals surface area (Å²) in [4.78, 5) is 47.1. The largest absolute Gasteiger partial charge is 0.482 e. The first-order valence-corrected chi connectivity index (χ1v) is 18.5. The summed E-state index contributed by atoms with van der Waals surface area (Å²) in [5, 5.41) is 9.19. The fourth-order valence-corrected chi connectivity index (χ4v) is 7.43. The number of aromatic nitrogens is 1. The number of likely N-dealkylation sites (tertiary alicyclic amines) is 1. The van der Waals surface area contributed by atoms with Gasteiger partial charge in [-0.15, -0.1) is 0 Å². The van der Waals surface area contributed by atoms with Crippen molar-refractivity contribution in [1.29, 1.82) is 0 Å². The van der Waals surface area contributed by atoms with Gasteiger partial charge in [0.2, 0.25) is 11.8 Å². The lowest BCUT2D eigenvalue weighted by Crippen LogP contribution is -2.61. The monoisotopic (exact) mass is 681 g/mol. The standard InChI is InChI=1S/C37H55N5O5S/c1-25(48-6)34(40-33(43)24-47-29-17-12-18-38-21-29)36(45)39-30(19-26-13-8-7-9-14-26)32(46-5)23-42-22-28-16-11-10-15-27(28)20-31(42)35(44)41-37(2,3)4/h7-9,12-14,17-18,21,25,27-28,30-32,34H,10-11,15-16,19-20,22-24H2,1-6H3,(H,39,45)(H,40,43)(H,41,44)/t25?,27-,28+,30?,31?,32?,34?/m0/s1. The van der Waals surface area contributed by atoms with Gasteiger partial charge in [-0.2, -0.15) is 11.8 Å². The maximum absolute atomic E-state index is 14.1. The van der Waals surface area contributed by atoms with Gasteiger partial charge in [-0.3, -0.25) is 24.3 Å². The zero-order chi connectivity index (χ0) is 34.7. The summed E-state index contributed by atoms with van der Waals surface area (Å²) in [5.74, 6) is 0.937. The van der Waals surface area contributed by atoms with E-state index >= 15 is 0 Å². The Morgan fingerprint density at radius 3 is 2.42 bits per heavy atom. The number of benzene rings is 1. The molecule has 3 amide bonds. The molecule has 11 heteroatoms. The minimum Gasteiger partial charge on any atom is -0.482 e. The maximum Gasteiger partial charge on any atom is 0.258 e. The van der Waals surface area contributed by atoms with Gasteiger partial charge in [0, 0.05) is 37.2 Å². The summed E-state index contributed by atoms with van der Waals surface area (Å²) in [5.41, 5.74) is 0.717. The van der Waals surface area contributed by atoms with Crippen LogP contribution in [0.5, 0.6) is 5.75 Å². The second-order valence-electron chi connectivity index (χ2n) is 14.3. The van der Waals surface area contributed by atoms with Gasteiger partial charge in [0.1, 0.15) is 11.8 Å². The Bertz CT molecular complexity index is 1310. The molecule has 1 aliphatic carbocycles. The van der Waals surface area contributed by atoms with E-state index in [1.54, 1.807) is 25.4 Å². The molecular weight excluding hydrogens is 627 g/mol. The number of methoxy groups -OCH3 is 1. The molecule has 1 aliphatic heterocycles. The van der Waals surface area contributed by atoms with E-state index in [-0.39, 0.29) is 35.3 Å². The third-order valence-corrected chi connectivity index (χ3v) is 10.6. The number of carbonyl (C=O) groups is 3. The highest BCUT2D eigenvalue weighted by atomic mass is 32.2. The number of ether oxygens (including phenoxy) is 2. The lowest BCUT2D eigenvalue weighted by atomic mass is 9.72. The first kappa shape index (κ1) is 37.7. The molecule has 1 aromatic heterocycles. The van der Waals surface area contributed by atoms with Crippen LogP contribution in [-0.4, -0.2) is 95.7 Å². The molecule has 264 valence electrons. The Morgan fingerprint density at radius 2 is 1.77 bits per heavy atom.